The molecule has 3 aromatic carbocycles. The molecule has 1 atom stereocenters. The van der Waals surface area contributed by atoms with Crippen molar-refractivity contribution in [1.29, 1.82) is 0 Å². The molecule has 3 amide bonds. The number of carbonyl (C=O) groups excluding carboxylic acids is 4. The fraction of sp³-hybridized carbons (Fsp3) is 0.317. The standard InChI is InChI=1S/C41H48N8O10S/c1-28-22-33(58-21-9-13-37(50)43-16-17-44-41(53)59-27-30-10-5-4-6-11-30)23-29(2)38(28)60(55,56)47-35(40(52)57-3)25-45-39(51)31-14-15-34-32(24-31)26-48(46-34)20-18-42-36-12-7-8-19-49(36)54/h4-8,10-12,14-15,19,22-24,26,35,47,54H,9,13,16-18,20-21,25,27H2,1-3H3,(H3,43,44,45,50,51,53)/p+1/t35-/m0/s1. The lowest BCUT2D eigenvalue weighted by Crippen LogP contribution is -2.49. The summed E-state index contributed by atoms with van der Waals surface area (Å²) >= 11 is 0. The van der Waals surface area contributed by atoms with Crippen LogP contribution < -0.4 is 35.5 Å². The number of carbonyl (C=O) groups is 4. The molecule has 0 aliphatic heterocycles. The molecule has 0 saturated carbocycles. The lowest BCUT2D eigenvalue weighted by Gasteiger charge is -2.20. The van der Waals surface area contributed by atoms with Gasteiger partial charge in [-0.25, -0.2) is 13.2 Å². The molecule has 5 rings (SSSR count). The number of methoxy groups -OCH3 is 1. The average molecular weight is 846 g/mol. The Morgan fingerprint density at radius 2 is 1.63 bits per heavy atom. The normalized spacial score (nSPS) is 11.7. The number of benzene rings is 3. The molecule has 2 aromatic heterocycles. The second-order valence-electron chi connectivity index (χ2n) is 13.6. The molecule has 0 bridgehead atoms. The highest BCUT2D eigenvalue weighted by molar-refractivity contribution is 7.89. The zero-order valence-corrected chi connectivity index (χ0v) is 34.3. The van der Waals surface area contributed by atoms with E-state index in [4.69, 9.17) is 14.2 Å². The van der Waals surface area contributed by atoms with Crippen LogP contribution in [0.4, 0.5) is 10.6 Å². The highest BCUT2D eigenvalue weighted by atomic mass is 32.2. The summed E-state index contributed by atoms with van der Waals surface area (Å²) in [7, 11) is -3.19. The fourth-order valence-corrected chi connectivity index (χ4v) is 7.77. The molecule has 0 aliphatic carbocycles. The summed E-state index contributed by atoms with van der Waals surface area (Å²) in [6, 6.07) is 21.0. The van der Waals surface area contributed by atoms with Crippen molar-refractivity contribution in [3.05, 3.63) is 114 Å². The zero-order chi connectivity index (χ0) is 43.1. The second-order valence-corrected chi connectivity index (χ2v) is 15.3. The van der Waals surface area contributed by atoms with Crippen molar-refractivity contribution >= 4 is 50.6 Å². The minimum absolute atomic E-state index is 0.0657. The minimum Gasteiger partial charge on any atom is -0.494 e. The molecule has 19 heteroatoms. The number of nitrogens with one attached hydrogen (secondary N) is 5. The molecular formula is C41H49N8O10S+. The molecule has 0 radical (unpaired) electrons. The molecule has 0 aliphatic rings. The van der Waals surface area contributed by atoms with Crippen molar-refractivity contribution in [2.45, 2.75) is 50.8 Å². The van der Waals surface area contributed by atoms with Crippen molar-refractivity contribution in [2.75, 3.05) is 45.2 Å². The van der Waals surface area contributed by atoms with E-state index in [0.29, 0.717) is 53.1 Å². The van der Waals surface area contributed by atoms with E-state index in [2.05, 4.69) is 31.1 Å². The number of fused-ring (bicyclic) bond motifs is 1. The fourth-order valence-electron chi connectivity index (χ4n) is 6.13. The summed E-state index contributed by atoms with van der Waals surface area (Å²) in [4.78, 5) is 50.0. The topological polar surface area (TPSA) is 232 Å². The van der Waals surface area contributed by atoms with Crippen LogP contribution in [0.25, 0.3) is 10.9 Å². The van der Waals surface area contributed by atoms with Crippen LogP contribution in [0, 0.1) is 13.8 Å². The number of aryl methyl sites for hydroxylation is 2. The third kappa shape index (κ3) is 12.9. The predicted molar refractivity (Wildman–Crippen MR) is 219 cm³/mol. The van der Waals surface area contributed by atoms with Gasteiger partial charge in [-0.1, -0.05) is 41.1 Å². The number of ether oxygens (including phenoxy) is 3. The first-order valence-electron chi connectivity index (χ1n) is 19.1. The molecule has 318 valence electrons. The van der Waals surface area contributed by atoms with Crippen LogP contribution in [-0.4, -0.2) is 93.2 Å². The Hall–Kier alpha value is -6.73. The molecule has 60 heavy (non-hydrogen) atoms. The summed E-state index contributed by atoms with van der Waals surface area (Å²) in [5.41, 5.74) is 2.47. The summed E-state index contributed by atoms with van der Waals surface area (Å²) < 4.78 is 48.1. The van der Waals surface area contributed by atoms with Crippen LogP contribution in [0.5, 0.6) is 5.75 Å². The Balaban J connectivity index is 1.07. The number of sulfonamides is 1. The third-order valence-electron chi connectivity index (χ3n) is 9.00. The second kappa shape index (κ2) is 21.3. The predicted octanol–water partition coefficient (Wildman–Crippen LogP) is 2.74. The van der Waals surface area contributed by atoms with Gasteiger partial charge >= 0.3 is 17.9 Å². The van der Waals surface area contributed by atoms with Gasteiger partial charge in [0.25, 0.3) is 5.91 Å². The van der Waals surface area contributed by atoms with Crippen LogP contribution in [0.15, 0.2) is 96.2 Å². The highest BCUT2D eigenvalue weighted by Gasteiger charge is 2.29. The maximum absolute atomic E-state index is 13.6. The number of nitrogens with zero attached hydrogens (tertiary/aromatic N) is 3. The number of pyridine rings is 1. The molecule has 0 spiro atoms. The van der Waals surface area contributed by atoms with E-state index >= 15 is 0 Å². The number of esters is 1. The highest BCUT2D eigenvalue weighted by Crippen LogP contribution is 2.26. The summed E-state index contributed by atoms with van der Waals surface area (Å²) in [5, 5.41) is 26.1. The molecule has 18 nitrogen and oxygen atoms in total. The van der Waals surface area contributed by atoms with E-state index < -0.39 is 40.6 Å². The van der Waals surface area contributed by atoms with Crippen molar-refractivity contribution in [3.8, 4) is 5.75 Å². The van der Waals surface area contributed by atoms with E-state index in [-0.39, 0.29) is 49.1 Å². The molecule has 2 heterocycles. The average Bonchev–Trinajstić information content (AvgIpc) is 3.64. The quantitative estimate of drug-likeness (QED) is 0.0271. The van der Waals surface area contributed by atoms with E-state index in [1.54, 1.807) is 73.3 Å². The largest absolute Gasteiger partial charge is 0.494 e. The third-order valence-corrected chi connectivity index (χ3v) is 10.8. The van der Waals surface area contributed by atoms with Crippen molar-refractivity contribution < 1.29 is 51.7 Å². The summed E-state index contributed by atoms with van der Waals surface area (Å²) in [6.07, 6.45) is 3.24. The van der Waals surface area contributed by atoms with Gasteiger partial charge in [0.2, 0.25) is 15.9 Å². The Kier molecular flexibility index (Phi) is 15.8. The first-order valence-corrected chi connectivity index (χ1v) is 20.6. The van der Waals surface area contributed by atoms with Crippen molar-refractivity contribution in [3.63, 3.8) is 0 Å². The molecule has 0 unspecified atom stereocenters. The lowest BCUT2D eigenvalue weighted by atomic mass is 10.1. The number of amides is 3. The van der Waals surface area contributed by atoms with Gasteiger partial charge in [0.1, 0.15) is 31.1 Å². The Labute approximate surface area is 347 Å². The summed E-state index contributed by atoms with van der Waals surface area (Å²) in [6.45, 7) is 4.45. The number of hydrogen-bond acceptors (Lipinski definition) is 12. The number of hydrogen-bond donors (Lipinski definition) is 6. The molecule has 6 N–H and O–H groups in total. The van der Waals surface area contributed by atoms with Crippen LogP contribution >= 0.6 is 0 Å². The van der Waals surface area contributed by atoms with Gasteiger partial charge in [0.15, 0.2) is 0 Å². The molecular weight excluding hydrogens is 797 g/mol. The van der Waals surface area contributed by atoms with E-state index in [1.165, 1.54) is 6.20 Å². The number of alkyl carbamates (subject to hydrolysis) is 1. The van der Waals surface area contributed by atoms with Gasteiger partial charge < -0.3 is 35.4 Å². The van der Waals surface area contributed by atoms with Crippen LogP contribution in [0.3, 0.4) is 0 Å². The van der Waals surface area contributed by atoms with Gasteiger partial charge in [-0.3, -0.25) is 24.4 Å². The molecule has 0 saturated heterocycles. The van der Waals surface area contributed by atoms with Crippen LogP contribution in [0.2, 0.25) is 0 Å². The van der Waals surface area contributed by atoms with E-state index in [0.717, 1.165) is 17.4 Å². The SMILES string of the molecule is COC(=O)[C@H](CNC(=O)c1ccc2nn(CCNc3cccc[n+]3O)cc2c1)NS(=O)(=O)c1c(C)cc(OCCCC(=O)NCCNC(=O)OCc2ccccc2)cc1C. The number of anilines is 1. The van der Waals surface area contributed by atoms with Gasteiger partial charge in [-0.15, -0.1) is 0 Å². The van der Waals surface area contributed by atoms with Gasteiger partial charge in [-0.05, 0) is 73.4 Å². The smallest absolute Gasteiger partial charge is 0.407 e. The first-order chi connectivity index (χ1) is 28.8. The van der Waals surface area contributed by atoms with E-state index in [1.807, 2.05) is 30.3 Å². The first kappa shape index (κ1) is 44.4. The van der Waals surface area contributed by atoms with Crippen LogP contribution in [-0.2, 0) is 42.2 Å². The summed E-state index contributed by atoms with van der Waals surface area (Å²) in [5.74, 6) is -0.760. The minimum atomic E-state index is -4.30. The maximum Gasteiger partial charge on any atom is 0.407 e. The lowest BCUT2D eigenvalue weighted by molar-refractivity contribution is -0.893. The number of rotatable bonds is 21. The van der Waals surface area contributed by atoms with Crippen molar-refractivity contribution in [2.24, 2.45) is 0 Å². The number of aromatic nitrogens is 3. The van der Waals surface area contributed by atoms with Crippen molar-refractivity contribution in [1.82, 2.24) is 30.5 Å². The van der Waals surface area contributed by atoms with Gasteiger partial charge in [-0.2, -0.15) is 9.82 Å². The molecule has 5 aromatic rings. The van der Waals surface area contributed by atoms with Gasteiger partial charge in [0, 0.05) is 49.3 Å². The Bertz CT molecular complexity index is 2370. The van der Waals surface area contributed by atoms with Crippen LogP contribution in [0.1, 0.15) is 39.9 Å². The van der Waals surface area contributed by atoms with E-state index in [9.17, 15) is 32.8 Å². The zero-order valence-electron chi connectivity index (χ0n) is 33.5. The van der Waals surface area contributed by atoms with Gasteiger partial charge in [0.05, 0.1) is 30.7 Å². The Morgan fingerprint density at radius 3 is 2.37 bits per heavy atom. The molecule has 0 fully saturated rings. The maximum atomic E-state index is 13.6. The Morgan fingerprint density at radius 1 is 0.900 bits per heavy atom. The monoisotopic (exact) mass is 845 g/mol.